The van der Waals surface area contributed by atoms with E-state index in [0.717, 1.165) is 17.5 Å². The van der Waals surface area contributed by atoms with Crippen molar-refractivity contribution in [3.05, 3.63) is 41.0 Å². The van der Waals surface area contributed by atoms with Crippen LogP contribution in [0.25, 0.3) is 0 Å². The molecule has 0 aliphatic heterocycles. The van der Waals surface area contributed by atoms with Crippen molar-refractivity contribution in [2.24, 2.45) is 11.8 Å². The molecule has 3 atom stereocenters. The van der Waals surface area contributed by atoms with E-state index in [4.69, 9.17) is 4.74 Å². The van der Waals surface area contributed by atoms with E-state index in [-0.39, 0.29) is 30.0 Å². The van der Waals surface area contributed by atoms with Gasteiger partial charge in [0.15, 0.2) is 0 Å². The van der Waals surface area contributed by atoms with Crippen LogP contribution in [-0.2, 0) is 4.74 Å². The van der Waals surface area contributed by atoms with E-state index >= 15 is 0 Å². The topological polar surface area (TPSA) is 106 Å². The zero-order chi connectivity index (χ0) is 22.9. The van der Waals surface area contributed by atoms with Gasteiger partial charge in [-0.15, -0.1) is 0 Å². The van der Waals surface area contributed by atoms with Gasteiger partial charge in [0.25, 0.3) is 0 Å². The summed E-state index contributed by atoms with van der Waals surface area (Å²) in [5.74, 6) is 0.370. The van der Waals surface area contributed by atoms with Crippen molar-refractivity contribution in [1.82, 2.24) is 14.8 Å². The van der Waals surface area contributed by atoms with Crippen molar-refractivity contribution < 1.29 is 19.4 Å². The Morgan fingerprint density at radius 3 is 2.61 bits per heavy atom. The fraction of sp³-hybridized carbons (Fsp3) is 0.565. The third kappa shape index (κ3) is 4.95. The zero-order valence-corrected chi connectivity index (χ0v) is 19.1. The molecular weight excluding hydrogens is 396 g/mol. The van der Waals surface area contributed by atoms with Gasteiger partial charge in [-0.05, 0) is 65.4 Å². The first kappa shape index (κ1) is 22.9. The van der Waals surface area contributed by atoms with E-state index in [1.807, 2.05) is 0 Å². The minimum Gasteiger partial charge on any atom is -0.442 e. The van der Waals surface area contributed by atoms with Crippen LogP contribution in [0.5, 0.6) is 0 Å². The molecule has 1 saturated carbocycles. The molecule has 0 unspecified atom stereocenters. The summed E-state index contributed by atoms with van der Waals surface area (Å²) in [5, 5.41) is 17.3. The number of nitrogens with one attached hydrogen (secondary N) is 1. The van der Waals surface area contributed by atoms with Gasteiger partial charge < -0.3 is 15.2 Å². The average molecular weight is 429 g/mol. The fourth-order valence-electron chi connectivity index (χ4n) is 4.04. The lowest BCUT2D eigenvalue weighted by molar-refractivity contribution is 0.0510. The number of aromatic nitrogens is 3. The fourth-order valence-corrected chi connectivity index (χ4v) is 4.04. The van der Waals surface area contributed by atoms with Crippen molar-refractivity contribution in [2.75, 3.05) is 11.9 Å². The van der Waals surface area contributed by atoms with Crippen LogP contribution in [0.4, 0.5) is 10.5 Å². The molecule has 2 aromatic rings. The number of carbonyl (C=O) groups excluding carboxylic acids is 2. The lowest BCUT2D eigenvalue weighted by atomic mass is 10.00. The third-order valence-electron chi connectivity index (χ3n) is 5.91. The number of hydrogen-bond acceptors (Lipinski definition) is 7. The molecule has 31 heavy (non-hydrogen) atoms. The molecule has 2 aromatic heterocycles. The number of rotatable bonds is 5. The van der Waals surface area contributed by atoms with Crippen LogP contribution < -0.4 is 5.32 Å². The SMILES string of the molecule is Cc1c(C(=O)c2cnccc2N[C@@H]2C[C@H](CO)[C@@H](C)C2)nn(C(=O)OC(C)(C)C)c1C. The molecule has 1 fully saturated rings. The van der Waals surface area contributed by atoms with Gasteiger partial charge in [-0.25, -0.2) is 4.79 Å². The van der Waals surface area contributed by atoms with E-state index in [2.05, 4.69) is 22.3 Å². The summed E-state index contributed by atoms with van der Waals surface area (Å²) in [6.45, 7) is 11.1. The monoisotopic (exact) mass is 428 g/mol. The normalized spacial score (nSPS) is 21.2. The Balaban J connectivity index is 1.87. The number of aliphatic hydroxyl groups excluding tert-OH is 1. The molecule has 0 radical (unpaired) electrons. The van der Waals surface area contributed by atoms with Crippen molar-refractivity contribution in [3.63, 3.8) is 0 Å². The summed E-state index contributed by atoms with van der Waals surface area (Å²) >= 11 is 0. The number of anilines is 1. The van der Waals surface area contributed by atoms with Gasteiger partial charge in [0.1, 0.15) is 11.3 Å². The standard InChI is InChI=1S/C23H32N4O4/c1-13-9-17(10-16(13)12-28)25-19-7-8-24-11-18(19)21(29)20-14(2)15(3)27(26-20)22(30)31-23(4,5)6/h7-8,11,13,16-17,28H,9-10,12H2,1-6H3,(H,24,25)/t13-,16+,17-/m0/s1. The molecule has 8 heteroatoms. The lowest BCUT2D eigenvalue weighted by Crippen LogP contribution is -2.28. The van der Waals surface area contributed by atoms with Gasteiger partial charge in [-0.1, -0.05) is 6.92 Å². The number of nitrogens with zero attached hydrogens (tertiary/aromatic N) is 3. The summed E-state index contributed by atoms with van der Waals surface area (Å²) < 4.78 is 6.55. The lowest BCUT2D eigenvalue weighted by Gasteiger charge is -2.19. The highest BCUT2D eigenvalue weighted by Gasteiger charge is 2.32. The molecular formula is C23H32N4O4. The molecule has 1 aliphatic rings. The first-order valence-electron chi connectivity index (χ1n) is 10.7. The molecule has 3 rings (SSSR count). The zero-order valence-electron chi connectivity index (χ0n) is 19.1. The summed E-state index contributed by atoms with van der Waals surface area (Å²) in [7, 11) is 0. The smallest absolute Gasteiger partial charge is 0.435 e. The molecule has 0 amide bonds. The molecule has 0 bridgehead atoms. The van der Waals surface area contributed by atoms with Gasteiger partial charge in [-0.3, -0.25) is 9.78 Å². The second-order valence-corrected chi connectivity index (χ2v) is 9.43. The van der Waals surface area contributed by atoms with Crippen LogP contribution in [0.3, 0.4) is 0 Å². The summed E-state index contributed by atoms with van der Waals surface area (Å²) in [6, 6.07) is 1.94. The first-order chi connectivity index (χ1) is 14.5. The minimum absolute atomic E-state index is 0.169. The van der Waals surface area contributed by atoms with Crippen LogP contribution >= 0.6 is 0 Å². The molecule has 0 spiro atoms. The van der Waals surface area contributed by atoms with Crippen LogP contribution in [-0.4, -0.2) is 50.0 Å². The highest BCUT2D eigenvalue weighted by Crippen LogP contribution is 2.34. The Hall–Kier alpha value is -2.74. The largest absolute Gasteiger partial charge is 0.442 e. The average Bonchev–Trinajstić information content (AvgIpc) is 3.19. The van der Waals surface area contributed by atoms with Crippen LogP contribution in [0.15, 0.2) is 18.5 Å². The van der Waals surface area contributed by atoms with E-state index < -0.39 is 11.7 Å². The van der Waals surface area contributed by atoms with Gasteiger partial charge in [-0.2, -0.15) is 9.78 Å². The highest BCUT2D eigenvalue weighted by molar-refractivity contribution is 6.12. The van der Waals surface area contributed by atoms with Gasteiger partial charge in [0.2, 0.25) is 5.78 Å². The third-order valence-corrected chi connectivity index (χ3v) is 5.91. The van der Waals surface area contributed by atoms with Crippen molar-refractivity contribution in [1.29, 1.82) is 0 Å². The van der Waals surface area contributed by atoms with Gasteiger partial charge in [0.05, 0.1) is 11.3 Å². The van der Waals surface area contributed by atoms with Gasteiger partial charge >= 0.3 is 6.09 Å². The van der Waals surface area contributed by atoms with Crippen LogP contribution in [0.2, 0.25) is 0 Å². The van der Waals surface area contributed by atoms with E-state index in [9.17, 15) is 14.7 Å². The van der Waals surface area contributed by atoms with Gasteiger partial charge in [0, 0.05) is 36.3 Å². The second kappa shape index (κ2) is 8.78. The quantitative estimate of drug-likeness (QED) is 0.699. The number of ether oxygens (including phenoxy) is 1. The maximum absolute atomic E-state index is 13.4. The number of pyridine rings is 1. The minimum atomic E-state index is -0.668. The maximum atomic E-state index is 13.4. The Labute approximate surface area is 183 Å². The Kier molecular flexibility index (Phi) is 6.50. The maximum Gasteiger partial charge on any atom is 0.435 e. The summed E-state index contributed by atoms with van der Waals surface area (Å²) in [5.41, 5.74) is 1.80. The highest BCUT2D eigenvalue weighted by atomic mass is 16.6. The molecule has 168 valence electrons. The molecule has 1 aliphatic carbocycles. The Morgan fingerprint density at radius 2 is 2.00 bits per heavy atom. The second-order valence-electron chi connectivity index (χ2n) is 9.43. The first-order valence-corrected chi connectivity index (χ1v) is 10.7. The Morgan fingerprint density at radius 1 is 1.29 bits per heavy atom. The van der Waals surface area contributed by atoms with Crippen LogP contribution in [0, 0.1) is 25.7 Å². The predicted octanol–water partition coefficient (Wildman–Crippen LogP) is 3.73. The summed E-state index contributed by atoms with van der Waals surface area (Å²) in [4.78, 5) is 30.0. The molecule has 0 saturated heterocycles. The molecule has 0 aromatic carbocycles. The van der Waals surface area contributed by atoms with Crippen molar-refractivity contribution in [2.45, 2.75) is 66.0 Å². The van der Waals surface area contributed by atoms with E-state index in [1.54, 1.807) is 46.9 Å². The van der Waals surface area contributed by atoms with Crippen molar-refractivity contribution >= 4 is 17.6 Å². The van der Waals surface area contributed by atoms with E-state index in [0.29, 0.717) is 28.4 Å². The number of carbonyl (C=O) groups is 2. The van der Waals surface area contributed by atoms with E-state index in [1.165, 1.54) is 6.20 Å². The van der Waals surface area contributed by atoms with Crippen molar-refractivity contribution in [3.8, 4) is 0 Å². The summed E-state index contributed by atoms with van der Waals surface area (Å²) in [6.07, 6.45) is 4.31. The number of aliphatic hydroxyl groups is 1. The Bertz CT molecular complexity index is 976. The van der Waals surface area contributed by atoms with Crippen LogP contribution in [0.1, 0.15) is 67.8 Å². The molecule has 2 heterocycles. The number of ketones is 1. The molecule has 2 N–H and O–H groups in total. The predicted molar refractivity (Wildman–Crippen MR) is 117 cm³/mol. The number of hydrogen-bond donors (Lipinski definition) is 2. The molecule has 8 nitrogen and oxygen atoms in total.